The van der Waals surface area contributed by atoms with Crippen molar-refractivity contribution in [1.82, 2.24) is 5.01 Å². The summed E-state index contributed by atoms with van der Waals surface area (Å²) < 4.78 is 5.17. The van der Waals surface area contributed by atoms with Crippen molar-refractivity contribution >= 4 is 11.9 Å². The lowest BCUT2D eigenvalue weighted by molar-refractivity contribution is -0.398. The molecule has 7 nitrogen and oxygen atoms in total. The van der Waals surface area contributed by atoms with Gasteiger partial charge in [-0.3, -0.25) is 15.1 Å². The van der Waals surface area contributed by atoms with Gasteiger partial charge in [0, 0.05) is 11.6 Å². The first-order valence-corrected chi connectivity index (χ1v) is 5.49. The highest BCUT2D eigenvalue weighted by Gasteiger charge is 2.08. The second kappa shape index (κ2) is 5.46. The Hall–Kier alpha value is -2.15. The first-order chi connectivity index (χ1) is 8.66. The normalized spacial score (nSPS) is 16.1. The van der Waals surface area contributed by atoms with Crippen LogP contribution in [0.1, 0.15) is 5.56 Å². The van der Waals surface area contributed by atoms with Gasteiger partial charge in [-0.2, -0.15) is 5.10 Å². The monoisotopic (exact) mass is 250 g/mol. The van der Waals surface area contributed by atoms with Gasteiger partial charge in [0.25, 0.3) is 5.69 Å². The van der Waals surface area contributed by atoms with Crippen molar-refractivity contribution in [3.05, 3.63) is 33.9 Å². The summed E-state index contributed by atoms with van der Waals surface area (Å²) in [5.74, 6) is -0.594. The van der Waals surface area contributed by atoms with E-state index in [1.807, 2.05) is 5.01 Å². The largest absolute Gasteiger partial charge is 0.868 e. The van der Waals surface area contributed by atoms with Crippen molar-refractivity contribution < 1.29 is 14.8 Å². The number of morpholine rings is 1. The van der Waals surface area contributed by atoms with Gasteiger partial charge in [0.15, 0.2) is 0 Å². The second-order valence-electron chi connectivity index (χ2n) is 3.79. The number of hydrogen-bond donors (Lipinski definition) is 0. The third kappa shape index (κ3) is 2.95. The van der Waals surface area contributed by atoms with Crippen LogP contribution < -0.4 is 5.11 Å². The zero-order valence-corrected chi connectivity index (χ0v) is 9.61. The fraction of sp³-hybridized carbons (Fsp3) is 0.364. The zero-order chi connectivity index (χ0) is 13.0. The first-order valence-electron chi connectivity index (χ1n) is 5.49. The van der Waals surface area contributed by atoms with E-state index >= 15 is 0 Å². The van der Waals surface area contributed by atoms with Gasteiger partial charge in [-0.25, -0.2) is 0 Å². The molecule has 0 unspecified atom stereocenters. The number of nitrogens with zero attached hydrogens (tertiary/aromatic N) is 3. The Labute approximate surface area is 103 Å². The minimum absolute atomic E-state index is 0.430. The van der Waals surface area contributed by atoms with Gasteiger partial charge in [-0.1, -0.05) is 12.1 Å². The maximum atomic E-state index is 11.2. The van der Waals surface area contributed by atoms with E-state index < -0.39 is 16.4 Å². The quantitative estimate of drug-likeness (QED) is 0.438. The standard InChI is InChI=1S/C11H13N3O4/c15-11-2-1-9(7-10(11)14(16)17)8-12-13-3-5-18-6-4-13/h1-2,7-8,15H,3-6H2/p-1/b12-8-. The van der Waals surface area contributed by atoms with E-state index in [0.29, 0.717) is 31.9 Å². The van der Waals surface area contributed by atoms with Crippen molar-refractivity contribution in [2.24, 2.45) is 5.10 Å². The smallest absolute Gasteiger partial charge is 0.262 e. The first kappa shape index (κ1) is 12.3. The molecule has 18 heavy (non-hydrogen) atoms. The summed E-state index contributed by atoms with van der Waals surface area (Å²) >= 11 is 0. The highest BCUT2D eigenvalue weighted by Crippen LogP contribution is 2.22. The minimum atomic E-state index is -0.686. The molecular weight excluding hydrogens is 238 g/mol. The molecule has 1 fully saturated rings. The molecule has 1 saturated heterocycles. The number of ether oxygens (including phenoxy) is 1. The van der Waals surface area contributed by atoms with Gasteiger partial charge in [0.1, 0.15) is 0 Å². The highest BCUT2D eigenvalue weighted by atomic mass is 16.6. The lowest BCUT2D eigenvalue weighted by Crippen LogP contribution is -2.32. The molecule has 0 aliphatic carbocycles. The summed E-state index contributed by atoms with van der Waals surface area (Å²) in [6.07, 6.45) is 1.51. The van der Waals surface area contributed by atoms with Gasteiger partial charge in [0.05, 0.1) is 37.4 Å². The molecule has 7 heteroatoms. The number of benzene rings is 1. The molecule has 0 saturated carbocycles. The minimum Gasteiger partial charge on any atom is -0.868 e. The van der Waals surface area contributed by atoms with Crippen molar-refractivity contribution in [1.29, 1.82) is 0 Å². The molecule has 1 heterocycles. The third-order valence-electron chi connectivity index (χ3n) is 2.54. The number of rotatable bonds is 3. The molecule has 0 spiro atoms. The maximum Gasteiger partial charge on any atom is 0.262 e. The maximum absolute atomic E-state index is 11.2. The van der Waals surface area contributed by atoms with E-state index in [9.17, 15) is 15.2 Å². The van der Waals surface area contributed by atoms with Crippen LogP contribution in [0.4, 0.5) is 5.69 Å². The molecule has 0 amide bonds. The molecule has 1 aromatic rings. The summed E-state index contributed by atoms with van der Waals surface area (Å²) in [6, 6.07) is 3.92. The van der Waals surface area contributed by atoms with Gasteiger partial charge >= 0.3 is 0 Å². The van der Waals surface area contributed by atoms with Crippen LogP contribution in [0.2, 0.25) is 0 Å². The van der Waals surface area contributed by atoms with E-state index in [0.717, 1.165) is 0 Å². The molecular formula is C11H12N3O4-. The Morgan fingerprint density at radius 1 is 1.39 bits per heavy atom. The topological polar surface area (TPSA) is 91.0 Å². The van der Waals surface area contributed by atoms with Gasteiger partial charge in [-0.05, 0) is 5.75 Å². The number of nitro benzene ring substituents is 1. The predicted octanol–water partition coefficient (Wildman–Crippen LogP) is 0.334. The zero-order valence-electron chi connectivity index (χ0n) is 9.61. The van der Waals surface area contributed by atoms with E-state index in [2.05, 4.69) is 5.10 Å². The Morgan fingerprint density at radius 3 is 2.78 bits per heavy atom. The van der Waals surface area contributed by atoms with Gasteiger partial charge in [0.2, 0.25) is 0 Å². The molecule has 1 aliphatic heterocycles. The van der Waals surface area contributed by atoms with Gasteiger partial charge < -0.3 is 9.84 Å². The fourth-order valence-electron chi connectivity index (χ4n) is 1.57. The van der Waals surface area contributed by atoms with Gasteiger partial charge in [-0.15, -0.1) is 0 Å². The van der Waals surface area contributed by atoms with Crippen molar-refractivity contribution in [2.45, 2.75) is 0 Å². The molecule has 0 bridgehead atoms. The van der Waals surface area contributed by atoms with E-state index in [1.165, 1.54) is 24.4 Å². The number of nitro groups is 1. The van der Waals surface area contributed by atoms with Crippen molar-refractivity contribution in [3.63, 3.8) is 0 Å². The lowest BCUT2D eigenvalue weighted by atomic mass is 10.2. The fourth-order valence-corrected chi connectivity index (χ4v) is 1.57. The average Bonchev–Trinajstić information content (AvgIpc) is 2.38. The second-order valence-corrected chi connectivity index (χ2v) is 3.79. The third-order valence-corrected chi connectivity index (χ3v) is 2.54. The summed E-state index contributed by atoms with van der Waals surface area (Å²) in [7, 11) is 0. The molecule has 0 N–H and O–H groups in total. The van der Waals surface area contributed by atoms with Crippen LogP contribution in [-0.2, 0) is 4.74 Å². The van der Waals surface area contributed by atoms with Crippen molar-refractivity contribution in [2.75, 3.05) is 26.3 Å². The summed E-state index contributed by atoms with van der Waals surface area (Å²) in [5.41, 5.74) is 0.105. The molecule has 1 aromatic carbocycles. The number of hydrogen-bond acceptors (Lipinski definition) is 6. The Kier molecular flexibility index (Phi) is 3.73. The molecule has 2 rings (SSSR count). The van der Waals surface area contributed by atoms with E-state index in [4.69, 9.17) is 4.74 Å². The molecule has 96 valence electrons. The van der Waals surface area contributed by atoms with E-state index in [-0.39, 0.29) is 0 Å². The average molecular weight is 250 g/mol. The SMILES string of the molecule is O=[N+]([O-])c1cc(/C=N\N2CCOCC2)ccc1[O-]. The number of hydrazone groups is 1. The highest BCUT2D eigenvalue weighted by molar-refractivity contribution is 5.81. The summed E-state index contributed by atoms with van der Waals surface area (Å²) in [5, 5.41) is 27.8. The molecule has 1 aliphatic rings. The van der Waals surface area contributed by atoms with Crippen LogP contribution in [0.5, 0.6) is 5.75 Å². The van der Waals surface area contributed by atoms with E-state index in [1.54, 1.807) is 0 Å². The Morgan fingerprint density at radius 2 is 2.11 bits per heavy atom. The van der Waals surface area contributed by atoms with Crippen LogP contribution in [0.3, 0.4) is 0 Å². The summed E-state index contributed by atoms with van der Waals surface area (Å²) in [4.78, 5) is 9.93. The van der Waals surface area contributed by atoms with Crippen LogP contribution in [0.15, 0.2) is 23.3 Å². The lowest BCUT2D eigenvalue weighted by Gasteiger charge is -2.23. The molecule has 0 aromatic heterocycles. The molecule has 0 radical (unpaired) electrons. The van der Waals surface area contributed by atoms with Crippen LogP contribution in [-0.4, -0.2) is 42.5 Å². The predicted molar refractivity (Wildman–Crippen MR) is 62.5 cm³/mol. The van der Waals surface area contributed by atoms with Crippen LogP contribution in [0, 0.1) is 10.1 Å². The Balaban J connectivity index is 2.11. The van der Waals surface area contributed by atoms with Crippen LogP contribution in [0.25, 0.3) is 0 Å². The van der Waals surface area contributed by atoms with Crippen molar-refractivity contribution in [3.8, 4) is 5.75 Å². The molecule has 0 atom stereocenters. The van der Waals surface area contributed by atoms with Crippen LogP contribution >= 0.6 is 0 Å². The summed E-state index contributed by atoms with van der Waals surface area (Å²) in [6.45, 7) is 2.63. The Bertz CT molecular complexity index is 469.